The Morgan fingerprint density at radius 3 is 2.10 bits per heavy atom. The molecule has 0 heterocycles. The smallest absolute Gasteiger partial charge is 0.126 e. The van der Waals surface area contributed by atoms with E-state index in [1.54, 1.807) is 12.1 Å². The van der Waals surface area contributed by atoms with Gasteiger partial charge in [0.25, 0.3) is 0 Å². The summed E-state index contributed by atoms with van der Waals surface area (Å²) in [6, 6.07) is 7.79. The third-order valence-electron chi connectivity index (χ3n) is 2.73. The number of nitrogens with one attached hydrogen (secondary N) is 1. The molecule has 0 amide bonds. The Labute approximate surface area is 125 Å². The van der Waals surface area contributed by atoms with Crippen LogP contribution in [0.3, 0.4) is 0 Å². The topological polar surface area (TPSA) is 38.0 Å². The molecule has 0 spiro atoms. The average molecular weight is 317 g/mol. The van der Waals surface area contributed by atoms with Crippen LogP contribution in [0.15, 0.2) is 36.4 Å². The molecule has 2 rings (SSSR count). The normalized spacial score (nSPS) is 12.2. The van der Waals surface area contributed by atoms with Crippen LogP contribution >= 0.6 is 23.2 Å². The maximum absolute atomic E-state index is 13.4. The summed E-state index contributed by atoms with van der Waals surface area (Å²) in [5, 5.41) is 3.55. The molecule has 106 valence electrons. The third kappa shape index (κ3) is 3.82. The van der Waals surface area contributed by atoms with E-state index in [4.69, 9.17) is 28.9 Å². The zero-order valence-corrected chi connectivity index (χ0v) is 11.8. The summed E-state index contributed by atoms with van der Waals surface area (Å²) < 4.78 is 26.6. The predicted octanol–water partition coefficient (Wildman–Crippen LogP) is 4.38. The maximum Gasteiger partial charge on any atom is 0.126 e. The molecular formula is C14H12Cl2F2N2. The van der Waals surface area contributed by atoms with Gasteiger partial charge >= 0.3 is 0 Å². The first-order chi connectivity index (χ1) is 9.47. The van der Waals surface area contributed by atoms with Crippen LogP contribution in [0.4, 0.5) is 14.5 Å². The summed E-state index contributed by atoms with van der Waals surface area (Å²) in [4.78, 5) is 0. The lowest BCUT2D eigenvalue weighted by Gasteiger charge is -2.19. The summed E-state index contributed by atoms with van der Waals surface area (Å²) in [6.07, 6.45) is 0. The SMILES string of the molecule is NCC(Nc1cc(F)cc(Cl)c1)c1cc(F)cc(Cl)c1. The first-order valence-electron chi connectivity index (χ1n) is 5.86. The predicted molar refractivity (Wildman–Crippen MR) is 78.2 cm³/mol. The minimum Gasteiger partial charge on any atom is -0.377 e. The van der Waals surface area contributed by atoms with Gasteiger partial charge in [0.05, 0.1) is 6.04 Å². The van der Waals surface area contributed by atoms with Crippen molar-refractivity contribution in [2.45, 2.75) is 6.04 Å². The molecular weight excluding hydrogens is 305 g/mol. The second-order valence-electron chi connectivity index (χ2n) is 4.29. The molecule has 3 N–H and O–H groups in total. The van der Waals surface area contributed by atoms with E-state index in [1.165, 1.54) is 24.3 Å². The van der Waals surface area contributed by atoms with Crippen LogP contribution in [0.5, 0.6) is 0 Å². The van der Waals surface area contributed by atoms with Crippen LogP contribution in [-0.4, -0.2) is 6.54 Å². The lowest BCUT2D eigenvalue weighted by atomic mass is 10.1. The second-order valence-corrected chi connectivity index (χ2v) is 5.17. The standard InChI is InChI=1S/C14H12Cl2F2N2/c15-9-1-8(2-11(17)3-9)14(7-19)20-13-5-10(16)4-12(18)6-13/h1-6,14,20H,7,19H2. The van der Waals surface area contributed by atoms with Gasteiger partial charge in [0.15, 0.2) is 0 Å². The first-order valence-corrected chi connectivity index (χ1v) is 6.62. The highest BCUT2D eigenvalue weighted by atomic mass is 35.5. The monoisotopic (exact) mass is 316 g/mol. The van der Waals surface area contributed by atoms with Crippen molar-refractivity contribution in [3.05, 3.63) is 63.6 Å². The van der Waals surface area contributed by atoms with Crippen molar-refractivity contribution in [3.8, 4) is 0 Å². The summed E-state index contributed by atoms with van der Waals surface area (Å²) in [5.41, 5.74) is 6.72. The van der Waals surface area contributed by atoms with Crippen LogP contribution in [-0.2, 0) is 0 Å². The number of hydrogen-bond donors (Lipinski definition) is 2. The van der Waals surface area contributed by atoms with Crippen molar-refractivity contribution in [3.63, 3.8) is 0 Å². The van der Waals surface area contributed by atoms with Crippen molar-refractivity contribution in [1.29, 1.82) is 0 Å². The number of nitrogens with two attached hydrogens (primary N) is 1. The van der Waals surface area contributed by atoms with Gasteiger partial charge in [0.2, 0.25) is 0 Å². The van der Waals surface area contributed by atoms with E-state index in [1.807, 2.05) is 0 Å². The summed E-state index contributed by atoms with van der Waals surface area (Å²) in [5.74, 6) is -0.918. The van der Waals surface area contributed by atoms with Gasteiger partial charge < -0.3 is 11.1 Å². The Morgan fingerprint density at radius 2 is 1.55 bits per heavy atom. The quantitative estimate of drug-likeness (QED) is 0.878. The fourth-order valence-electron chi connectivity index (χ4n) is 1.89. The van der Waals surface area contributed by atoms with E-state index in [0.29, 0.717) is 11.3 Å². The number of hydrogen-bond acceptors (Lipinski definition) is 2. The van der Waals surface area contributed by atoms with Crippen LogP contribution < -0.4 is 11.1 Å². The van der Waals surface area contributed by atoms with Crippen LogP contribution in [0.2, 0.25) is 10.0 Å². The molecule has 1 unspecified atom stereocenters. The first kappa shape index (κ1) is 15.0. The second kappa shape index (κ2) is 6.39. The van der Waals surface area contributed by atoms with E-state index in [0.717, 1.165) is 0 Å². The van der Waals surface area contributed by atoms with Crippen LogP contribution in [0.25, 0.3) is 0 Å². The molecule has 0 radical (unpaired) electrons. The van der Waals surface area contributed by atoms with Gasteiger partial charge in [-0.05, 0) is 42.0 Å². The Hall–Kier alpha value is -1.36. The molecule has 0 aromatic heterocycles. The molecule has 2 aromatic rings. The van der Waals surface area contributed by atoms with E-state index >= 15 is 0 Å². The molecule has 2 nitrogen and oxygen atoms in total. The Morgan fingerprint density at radius 1 is 0.950 bits per heavy atom. The molecule has 0 bridgehead atoms. The van der Waals surface area contributed by atoms with Crippen molar-refractivity contribution >= 4 is 28.9 Å². The summed E-state index contributed by atoms with van der Waals surface area (Å²) >= 11 is 11.6. The maximum atomic E-state index is 13.4. The fourth-order valence-corrected chi connectivity index (χ4v) is 2.35. The Kier molecular flexibility index (Phi) is 4.81. The van der Waals surface area contributed by atoms with Crippen LogP contribution in [0, 0.1) is 11.6 Å². The zero-order valence-electron chi connectivity index (χ0n) is 10.3. The van der Waals surface area contributed by atoms with Gasteiger partial charge in [-0.2, -0.15) is 0 Å². The molecule has 0 aliphatic carbocycles. The van der Waals surface area contributed by atoms with Gasteiger partial charge in [-0.15, -0.1) is 0 Å². The molecule has 0 saturated heterocycles. The highest BCUT2D eigenvalue weighted by Gasteiger charge is 2.12. The van der Waals surface area contributed by atoms with E-state index < -0.39 is 17.7 Å². The third-order valence-corrected chi connectivity index (χ3v) is 3.16. The molecule has 0 saturated carbocycles. The lowest BCUT2D eigenvalue weighted by molar-refractivity contribution is 0.621. The van der Waals surface area contributed by atoms with Gasteiger partial charge in [-0.25, -0.2) is 8.78 Å². The number of anilines is 1. The van der Waals surface area contributed by atoms with Crippen molar-refractivity contribution < 1.29 is 8.78 Å². The molecule has 20 heavy (non-hydrogen) atoms. The van der Waals surface area contributed by atoms with E-state index in [-0.39, 0.29) is 16.6 Å². The Bertz CT molecular complexity index is 580. The van der Waals surface area contributed by atoms with Gasteiger partial charge in [-0.3, -0.25) is 0 Å². The van der Waals surface area contributed by atoms with Gasteiger partial charge in [-0.1, -0.05) is 23.2 Å². The lowest BCUT2D eigenvalue weighted by Crippen LogP contribution is -2.20. The van der Waals surface area contributed by atoms with Gasteiger partial charge in [0, 0.05) is 22.3 Å². The largest absolute Gasteiger partial charge is 0.377 e. The van der Waals surface area contributed by atoms with E-state index in [2.05, 4.69) is 5.32 Å². The minimum atomic E-state index is -0.465. The van der Waals surface area contributed by atoms with Crippen molar-refractivity contribution in [2.75, 3.05) is 11.9 Å². The molecule has 6 heteroatoms. The molecule has 0 aliphatic rings. The highest BCUT2D eigenvalue weighted by Crippen LogP contribution is 2.25. The van der Waals surface area contributed by atoms with E-state index in [9.17, 15) is 8.78 Å². The molecule has 0 aliphatic heterocycles. The zero-order chi connectivity index (χ0) is 14.7. The van der Waals surface area contributed by atoms with Crippen molar-refractivity contribution in [2.24, 2.45) is 5.73 Å². The van der Waals surface area contributed by atoms with Gasteiger partial charge in [0.1, 0.15) is 11.6 Å². The number of benzene rings is 2. The fraction of sp³-hybridized carbons (Fsp3) is 0.143. The molecule has 1 atom stereocenters. The number of halogens is 4. The number of rotatable bonds is 4. The Balaban J connectivity index is 2.28. The van der Waals surface area contributed by atoms with Crippen molar-refractivity contribution in [1.82, 2.24) is 0 Å². The summed E-state index contributed by atoms with van der Waals surface area (Å²) in [6.45, 7) is 0.188. The highest BCUT2D eigenvalue weighted by molar-refractivity contribution is 6.31. The minimum absolute atomic E-state index is 0.188. The summed E-state index contributed by atoms with van der Waals surface area (Å²) in [7, 11) is 0. The molecule has 2 aromatic carbocycles. The van der Waals surface area contributed by atoms with Crippen LogP contribution in [0.1, 0.15) is 11.6 Å². The molecule has 0 fully saturated rings. The average Bonchev–Trinajstić information content (AvgIpc) is 2.33.